The smallest absolute Gasteiger partial charge is 0.280 e. The van der Waals surface area contributed by atoms with Crippen LogP contribution in [0.3, 0.4) is 0 Å². The lowest BCUT2D eigenvalue weighted by Gasteiger charge is -2.05. The van der Waals surface area contributed by atoms with Crippen LogP contribution in [0.1, 0.15) is 0 Å². The molecule has 1 aliphatic heterocycles. The second-order valence-electron chi connectivity index (χ2n) is 1.76. The molecule has 0 aliphatic carbocycles. The van der Waals surface area contributed by atoms with Crippen LogP contribution in [0, 0.1) is 0 Å². The maximum Gasteiger partial charge on any atom is 0.280 e. The summed E-state index contributed by atoms with van der Waals surface area (Å²) in [5.41, 5.74) is 5.15. The minimum atomic E-state index is -1.28. The lowest BCUT2D eigenvalue weighted by molar-refractivity contribution is -0.132. The maximum absolute atomic E-state index is 10.6. The predicted molar refractivity (Wildman–Crippen MR) is 30.4 cm³/mol. The maximum atomic E-state index is 10.6. The Bertz CT molecular complexity index is 177. The van der Waals surface area contributed by atoms with Crippen molar-refractivity contribution in [2.75, 3.05) is 7.05 Å². The Morgan fingerprint density at radius 2 is 2.44 bits per heavy atom. The summed E-state index contributed by atoms with van der Waals surface area (Å²) in [5.74, 6) is -0.417. The fourth-order valence-corrected chi connectivity index (χ4v) is 0.553. The second kappa shape index (κ2) is 1.70. The first kappa shape index (κ1) is 6.03. The van der Waals surface area contributed by atoms with Gasteiger partial charge in [0.25, 0.3) is 5.91 Å². The largest absolute Gasteiger partial charge is 0.369 e. The van der Waals surface area contributed by atoms with Crippen LogP contribution in [0.25, 0.3) is 0 Å². The minimum absolute atomic E-state index is 0.0625. The van der Waals surface area contributed by atoms with E-state index in [9.17, 15) is 4.79 Å². The number of rotatable bonds is 0. The Kier molecular flexibility index (Phi) is 1.14. The SMILES string of the molecule is CN1C(=O)C(O)N=C1N. The number of carbonyl (C=O) groups excluding carboxylic acids is 1. The molecule has 0 saturated heterocycles. The average molecular weight is 129 g/mol. The van der Waals surface area contributed by atoms with Crippen LogP contribution in [-0.4, -0.2) is 35.1 Å². The lowest BCUT2D eigenvalue weighted by Crippen LogP contribution is -2.35. The van der Waals surface area contributed by atoms with Gasteiger partial charge in [-0.15, -0.1) is 0 Å². The van der Waals surface area contributed by atoms with Crippen LogP contribution in [0.5, 0.6) is 0 Å². The van der Waals surface area contributed by atoms with Crippen LogP contribution in [0.4, 0.5) is 0 Å². The summed E-state index contributed by atoms with van der Waals surface area (Å²) in [7, 11) is 1.46. The van der Waals surface area contributed by atoms with Gasteiger partial charge in [0.2, 0.25) is 12.2 Å². The fraction of sp³-hybridized carbons (Fsp3) is 0.500. The van der Waals surface area contributed by atoms with E-state index in [0.717, 1.165) is 4.90 Å². The van der Waals surface area contributed by atoms with E-state index in [1.807, 2.05) is 0 Å². The first-order valence-electron chi connectivity index (χ1n) is 2.42. The monoisotopic (exact) mass is 129 g/mol. The van der Waals surface area contributed by atoms with Crippen molar-refractivity contribution < 1.29 is 9.90 Å². The summed E-state index contributed by atoms with van der Waals surface area (Å²) in [5, 5.41) is 8.68. The van der Waals surface area contributed by atoms with Gasteiger partial charge in [0.05, 0.1) is 0 Å². The fourth-order valence-electron chi connectivity index (χ4n) is 0.553. The van der Waals surface area contributed by atoms with Gasteiger partial charge in [-0.2, -0.15) is 0 Å². The van der Waals surface area contributed by atoms with Crippen LogP contribution in [0.15, 0.2) is 4.99 Å². The van der Waals surface area contributed by atoms with Crippen molar-refractivity contribution in [3.8, 4) is 0 Å². The Labute approximate surface area is 51.8 Å². The highest BCUT2D eigenvalue weighted by Gasteiger charge is 2.27. The molecule has 1 amide bonds. The number of aliphatic imine (C=N–C) groups is 1. The summed E-state index contributed by atoms with van der Waals surface area (Å²) in [6.45, 7) is 0. The molecule has 0 aromatic rings. The molecular formula is C4H7N3O2. The number of likely N-dealkylation sites (N-methyl/N-ethyl adjacent to an activating group) is 1. The molecule has 0 saturated carbocycles. The number of aliphatic hydroxyl groups excluding tert-OH is 1. The zero-order chi connectivity index (χ0) is 7.02. The van der Waals surface area contributed by atoms with Gasteiger partial charge < -0.3 is 10.8 Å². The van der Waals surface area contributed by atoms with Gasteiger partial charge in [-0.1, -0.05) is 0 Å². The van der Waals surface area contributed by atoms with E-state index in [1.165, 1.54) is 7.05 Å². The second-order valence-corrected chi connectivity index (χ2v) is 1.76. The Hall–Kier alpha value is -1.10. The summed E-state index contributed by atoms with van der Waals surface area (Å²) in [6.07, 6.45) is -1.28. The Balaban J connectivity index is 2.82. The van der Waals surface area contributed by atoms with Gasteiger partial charge in [-0.3, -0.25) is 9.69 Å². The highest BCUT2D eigenvalue weighted by atomic mass is 16.3. The molecule has 1 atom stereocenters. The number of hydrogen-bond acceptors (Lipinski definition) is 4. The van der Waals surface area contributed by atoms with Crippen molar-refractivity contribution in [1.29, 1.82) is 0 Å². The molecule has 9 heavy (non-hydrogen) atoms. The first-order chi connectivity index (χ1) is 4.13. The average Bonchev–Trinajstić information content (AvgIpc) is 1.98. The van der Waals surface area contributed by atoms with Crippen molar-refractivity contribution in [3.05, 3.63) is 0 Å². The molecule has 1 aliphatic rings. The van der Waals surface area contributed by atoms with Gasteiger partial charge in [-0.25, -0.2) is 4.99 Å². The topological polar surface area (TPSA) is 78.9 Å². The number of carbonyl (C=O) groups is 1. The summed E-state index contributed by atoms with van der Waals surface area (Å²) in [4.78, 5) is 15.1. The molecule has 0 bridgehead atoms. The highest BCUT2D eigenvalue weighted by Crippen LogP contribution is 2.01. The lowest BCUT2D eigenvalue weighted by atomic mass is 10.5. The Morgan fingerprint density at radius 3 is 2.56 bits per heavy atom. The van der Waals surface area contributed by atoms with E-state index >= 15 is 0 Å². The molecule has 1 heterocycles. The van der Waals surface area contributed by atoms with Crippen molar-refractivity contribution in [3.63, 3.8) is 0 Å². The van der Waals surface area contributed by atoms with Crippen molar-refractivity contribution >= 4 is 11.9 Å². The third kappa shape index (κ3) is 0.746. The molecule has 0 aromatic carbocycles. The summed E-state index contributed by atoms with van der Waals surface area (Å²) < 4.78 is 0. The molecule has 3 N–H and O–H groups in total. The zero-order valence-corrected chi connectivity index (χ0v) is 4.90. The standard InChI is InChI=1S/C4H7N3O2/c1-7-3(9)2(8)6-4(7)5/h2,8H,1H3,(H2,5,6). The van der Waals surface area contributed by atoms with Crippen LogP contribution >= 0.6 is 0 Å². The third-order valence-electron chi connectivity index (χ3n) is 1.15. The van der Waals surface area contributed by atoms with E-state index in [0.29, 0.717) is 0 Å². The van der Waals surface area contributed by atoms with Gasteiger partial charge >= 0.3 is 0 Å². The van der Waals surface area contributed by atoms with Crippen molar-refractivity contribution in [1.82, 2.24) is 4.90 Å². The van der Waals surface area contributed by atoms with E-state index in [-0.39, 0.29) is 5.96 Å². The first-order valence-corrected chi connectivity index (χ1v) is 2.42. The number of nitrogens with zero attached hydrogens (tertiary/aromatic N) is 2. The molecule has 50 valence electrons. The molecule has 0 aromatic heterocycles. The summed E-state index contributed by atoms with van der Waals surface area (Å²) >= 11 is 0. The normalized spacial score (nSPS) is 26.9. The van der Waals surface area contributed by atoms with E-state index in [2.05, 4.69) is 4.99 Å². The zero-order valence-electron chi connectivity index (χ0n) is 4.90. The van der Waals surface area contributed by atoms with E-state index in [1.54, 1.807) is 0 Å². The molecule has 5 nitrogen and oxygen atoms in total. The predicted octanol–water partition coefficient (Wildman–Crippen LogP) is -1.91. The van der Waals surface area contributed by atoms with Gasteiger partial charge in [0, 0.05) is 7.05 Å². The quantitative estimate of drug-likeness (QED) is 0.400. The Morgan fingerprint density at radius 1 is 1.89 bits per heavy atom. The number of nitrogens with two attached hydrogens (primary N) is 1. The third-order valence-corrected chi connectivity index (χ3v) is 1.15. The van der Waals surface area contributed by atoms with Gasteiger partial charge in [0.1, 0.15) is 0 Å². The molecule has 0 spiro atoms. The highest BCUT2D eigenvalue weighted by molar-refractivity contribution is 6.02. The van der Waals surface area contributed by atoms with Crippen LogP contribution < -0.4 is 5.73 Å². The van der Waals surface area contributed by atoms with Crippen molar-refractivity contribution in [2.24, 2.45) is 10.7 Å². The number of aliphatic hydroxyl groups is 1. The molecular weight excluding hydrogens is 122 g/mol. The molecule has 1 unspecified atom stereocenters. The number of guanidine groups is 1. The minimum Gasteiger partial charge on any atom is -0.369 e. The molecule has 1 rings (SSSR count). The number of amides is 1. The van der Waals surface area contributed by atoms with Crippen molar-refractivity contribution in [2.45, 2.75) is 6.23 Å². The van der Waals surface area contributed by atoms with Gasteiger partial charge in [0.15, 0.2) is 0 Å². The molecule has 0 fully saturated rings. The van der Waals surface area contributed by atoms with Gasteiger partial charge in [-0.05, 0) is 0 Å². The number of hydrogen-bond donors (Lipinski definition) is 2. The van der Waals surface area contributed by atoms with E-state index < -0.39 is 12.1 Å². The van der Waals surface area contributed by atoms with Crippen LogP contribution in [0.2, 0.25) is 0 Å². The molecule has 0 radical (unpaired) electrons. The molecule has 5 heteroatoms. The summed E-state index contributed by atoms with van der Waals surface area (Å²) in [6, 6.07) is 0. The van der Waals surface area contributed by atoms with Crippen LogP contribution in [-0.2, 0) is 4.79 Å². The van der Waals surface area contributed by atoms with E-state index in [4.69, 9.17) is 10.8 Å².